The molecule has 1 aliphatic rings. The number of hydrogen-bond donors (Lipinski definition) is 0. The molecule has 0 bridgehead atoms. The Morgan fingerprint density at radius 3 is 2.22 bits per heavy atom. The van der Waals surface area contributed by atoms with E-state index in [2.05, 4.69) is 32.1 Å². The van der Waals surface area contributed by atoms with E-state index in [1.54, 1.807) is 6.92 Å². The fourth-order valence-electron chi connectivity index (χ4n) is 4.79. The second-order valence-electron chi connectivity index (χ2n) is 10.1. The van der Waals surface area contributed by atoms with Crippen LogP contribution in [-0.4, -0.2) is 17.9 Å². The van der Waals surface area contributed by atoms with E-state index in [-0.39, 0.29) is 11.8 Å². The van der Waals surface area contributed by atoms with Crippen molar-refractivity contribution in [1.29, 1.82) is 0 Å². The minimum Gasteiger partial charge on any atom is -0.454 e. The molecule has 0 N–H and O–H groups in total. The lowest BCUT2D eigenvalue weighted by molar-refractivity contribution is -0.156. The lowest BCUT2D eigenvalue weighted by Crippen LogP contribution is -2.36. The Morgan fingerprint density at radius 2 is 1.58 bits per heavy atom. The van der Waals surface area contributed by atoms with Gasteiger partial charge in [-0.2, -0.15) is 0 Å². The molecule has 0 aromatic heterocycles. The van der Waals surface area contributed by atoms with Crippen molar-refractivity contribution in [2.75, 3.05) is 0 Å². The first-order valence-electron chi connectivity index (χ1n) is 13.8. The molecule has 36 heavy (non-hydrogen) atoms. The topological polar surface area (TPSA) is 43.4 Å². The highest BCUT2D eigenvalue weighted by Crippen LogP contribution is 2.39. The smallest absolute Gasteiger partial charge is 0.316 e. The third-order valence-corrected chi connectivity index (χ3v) is 7.22. The molecule has 0 amide bonds. The molecule has 0 saturated carbocycles. The molecule has 0 spiro atoms. The number of ether oxygens (including phenoxy) is 1. The number of rotatable bonds is 14. The molecule has 0 aliphatic heterocycles. The number of carbonyl (C=O) groups is 2. The Balaban J connectivity index is 1.69. The summed E-state index contributed by atoms with van der Waals surface area (Å²) in [5, 5.41) is 0. The number of allylic oxidation sites excluding steroid dienone is 3. The molecular formula is C33H42O3. The van der Waals surface area contributed by atoms with E-state index >= 15 is 0 Å². The van der Waals surface area contributed by atoms with Crippen molar-refractivity contribution in [3.63, 3.8) is 0 Å². The van der Waals surface area contributed by atoms with Crippen LogP contribution in [0.3, 0.4) is 0 Å². The number of benzene rings is 2. The van der Waals surface area contributed by atoms with Gasteiger partial charge in [0.1, 0.15) is 0 Å². The van der Waals surface area contributed by atoms with E-state index < -0.39 is 11.5 Å². The van der Waals surface area contributed by atoms with Crippen molar-refractivity contribution in [2.24, 2.45) is 5.41 Å². The van der Waals surface area contributed by atoms with Gasteiger partial charge in [-0.15, -0.1) is 0 Å². The summed E-state index contributed by atoms with van der Waals surface area (Å²) >= 11 is 0. The summed E-state index contributed by atoms with van der Waals surface area (Å²) < 4.78 is 5.85. The molecule has 2 atom stereocenters. The maximum atomic E-state index is 13.5. The van der Waals surface area contributed by atoms with Gasteiger partial charge in [0.15, 0.2) is 6.10 Å². The number of aryl methyl sites for hydroxylation is 1. The average Bonchev–Trinajstić information content (AvgIpc) is 2.92. The van der Waals surface area contributed by atoms with E-state index in [1.807, 2.05) is 54.6 Å². The second kappa shape index (κ2) is 14.0. The van der Waals surface area contributed by atoms with Crippen LogP contribution in [0.25, 0.3) is 5.57 Å². The van der Waals surface area contributed by atoms with Crippen LogP contribution in [0, 0.1) is 5.41 Å². The van der Waals surface area contributed by atoms with Gasteiger partial charge in [0, 0.05) is 5.56 Å². The SMILES string of the molecule is CCCCCCCC1(C(=O)OC(C)C(=O)c2ccc(CCCC)cc2)C=CC(c2ccccc2)=CC1. The van der Waals surface area contributed by atoms with Gasteiger partial charge < -0.3 is 4.74 Å². The summed E-state index contributed by atoms with van der Waals surface area (Å²) in [6.45, 7) is 6.07. The lowest BCUT2D eigenvalue weighted by atomic mass is 9.75. The molecule has 1 aliphatic carbocycles. The van der Waals surface area contributed by atoms with Crippen LogP contribution < -0.4 is 0 Å². The third-order valence-electron chi connectivity index (χ3n) is 7.22. The Hall–Kier alpha value is -2.94. The highest BCUT2D eigenvalue weighted by atomic mass is 16.5. The fourth-order valence-corrected chi connectivity index (χ4v) is 4.79. The average molecular weight is 487 g/mol. The Labute approximate surface area is 217 Å². The maximum Gasteiger partial charge on any atom is 0.316 e. The van der Waals surface area contributed by atoms with Crippen molar-refractivity contribution < 1.29 is 14.3 Å². The van der Waals surface area contributed by atoms with E-state index in [1.165, 1.54) is 24.8 Å². The van der Waals surface area contributed by atoms with Gasteiger partial charge in [-0.05, 0) is 49.3 Å². The quantitative estimate of drug-likeness (QED) is 0.153. The van der Waals surface area contributed by atoms with Crippen LogP contribution in [0.15, 0.2) is 72.8 Å². The molecule has 0 fully saturated rings. The maximum absolute atomic E-state index is 13.5. The lowest BCUT2D eigenvalue weighted by Gasteiger charge is -2.31. The van der Waals surface area contributed by atoms with Gasteiger partial charge in [-0.1, -0.05) is 125 Å². The molecule has 3 rings (SSSR count). The van der Waals surface area contributed by atoms with Crippen LogP contribution >= 0.6 is 0 Å². The van der Waals surface area contributed by atoms with Crippen LogP contribution in [0.4, 0.5) is 0 Å². The zero-order chi connectivity index (χ0) is 25.8. The summed E-state index contributed by atoms with van der Waals surface area (Å²) in [6, 6.07) is 18.0. The molecule has 192 valence electrons. The Kier molecular flexibility index (Phi) is 10.7. The van der Waals surface area contributed by atoms with Gasteiger partial charge in [0.05, 0.1) is 5.41 Å². The molecule has 0 radical (unpaired) electrons. The van der Waals surface area contributed by atoms with E-state index in [4.69, 9.17) is 4.74 Å². The first-order valence-corrected chi connectivity index (χ1v) is 13.8. The largest absolute Gasteiger partial charge is 0.454 e. The molecule has 0 saturated heterocycles. The van der Waals surface area contributed by atoms with Gasteiger partial charge in [-0.25, -0.2) is 0 Å². The number of ketones is 1. The molecule has 2 aromatic rings. The van der Waals surface area contributed by atoms with Crippen LogP contribution in [0.5, 0.6) is 0 Å². The highest BCUT2D eigenvalue weighted by Gasteiger charge is 2.39. The van der Waals surface area contributed by atoms with Crippen LogP contribution in [0.1, 0.15) is 100 Å². The molecule has 0 heterocycles. The first kappa shape index (κ1) is 27.6. The van der Waals surface area contributed by atoms with Crippen molar-refractivity contribution in [3.8, 4) is 0 Å². The number of hydrogen-bond acceptors (Lipinski definition) is 3. The minimum atomic E-state index is -0.816. The number of Topliss-reactive ketones (excluding diaryl/α,β-unsaturated/α-hetero) is 1. The number of esters is 1. The standard InChI is InChI=1S/C33H42O3/c1-4-6-8-9-13-23-33(24-21-29(22-25-33)28-15-11-10-12-16-28)32(35)36-26(3)31(34)30-19-17-27(18-20-30)14-7-5-2/h10-12,15-22,24,26H,4-9,13-14,23,25H2,1-3H3. The summed E-state index contributed by atoms with van der Waals surface area (Å²) in [5.41, 5.74) is 3.37. The zero-order valence-electron chi connectivity index (χ0n) is 22.3. The van der Waals surface area contributed by atoms with Crippen molar-refractivity contribution in [2.45, 2.75) is 91.1 Å². The zero-order valence-corrected chi connectivity index (χ0v) is 22.3. The highest BCUT2D eigenvalue weighted by molar-refractivity contribution is 6.00. The predicted molar refractivity (Wildman–Crippen MR) is 149 cm³/mol. The summed E-state index contributed by atoms with van der Waals surface area (Å²) in [5.74, 6) is -0.443. The molecule has 2 aromatic carbocycles. The van der Waals surface area contributed by atoms with Crippen molar-refractivity contribution in [3.05, 3.63) is 89.5 Å². The first-order chi connectivity index (χ1) is 17.5. The van der Waals surface area contributed by atoms with Gasteiger partial charge in [0.25, 0.3) is 0 Å². The summed E-state index contributed by atoms with van der Waals surface area (Å²) in [7, 11) is 0. The van der Waals surface area contributed by atoms with Gasteiger partial charge in [-0.3, -0.25) is 9.59 Å². The van der Waals surface area contributed by atoms with Gasteiger partial charge >= 0.3 is 5.97 Å². The molecule has 3 heteroatoms. The normalized spacial score (nSPS) is 17.9. The van der Waals surface area contributed by atoms with Crippen molar-refractivity contribution in [1.82, 2.24) is 0 Å². The Morgan fingerprint density at radius 1 is 0.889 bits per heavy atom. The third kappa shape index (κ3) is 7.53. The predicted octanol–water partition coefficient (Wildman–Crippen LogP) is 8.53. The van der Waals surface area contributed by atoms with Crippen LogP contribution in [0.2, 0.25) is 0 Å². The summed E-state index contributed by atoms with van der Waals surface area (Å²) in [6.07, 6.45) is 15.7. The van der Waals surface area contributed by atoms with Crippen LogP contribution in [-0.2, 0) is 16.0 Å². The van der Waals surface area contributed by atoms with Gasteiger partial charge in [0.2, 0.25) is 5.78 Å². The van der Waals surface area contributed by atoms with E-state index in [0.29, 0.717) is 12.0 Å². The fraction of sp³-hybridized carbons (Fsp3) is 0.455. The van der Waals surface area contributed by atoms with Crippen molar-refractivity contribution >= 4 is 17.3 Å². The molecular weight excluding hydrogens is 444 g/mol. The number of unbranched alkanes of at least 4 members (excludes halogenated alkanes) is 5. The molecule has 2 unspecified atom stereocenters. The Bertz CT molecular complexity index is 1030. The van der Waals surface area contributed by atoms with E-state index in [0.717, 1.165) is 49.7 Å². The van der Waals surface area contributed by atoms with E-state index in [9.17, 15) is 9.59 Å². The minimum absolute atomic E-state index is 0.149. The summed E-state index contributed by atoms with van der Waals surface area (Å²) in [4.78, 5) is 26.6. The number of carbonyl (C=O) groups excluding carboxylic acids is 2. The second-order valence-corrected chi connectivity index (χ2v) is 10.1. The molecule has 3 nitrogen and oxygen atoms in total. The monoisotopic (exact) mass is 486 g/mol.